The summed E-state index contributed by atoms with van der Waals surface area (Å²) in [5.74, 6) is 1.21. The van der Waals surface area contributed by atoms with E-state index in [1.165, 1.54) is 5.56 Å². The van der Waals surface area contributed by atoms with E-state index in [4.69, 9.17) is 5.73 Å². The molecule has 0 saturated carbocycles. The zero-order valence-electron chi connectivity index (χ0n) is 9.85. The molecular weight excluding hydrogens is 212 g/mol. The molecule has 4 nitrogen and oxygen atoms in total. The van der Waals surface area contributed by atoms with Gasteiger partial charge in [-0.05, 0) is 24.1 Å². The standard InChI is InChI=1S/C13H16N4/c1-2-10-5-3-4-6-11(10)16-9-13-15-8-7-12(14)17-13/h3-8,16H,2,9H2,1H3,(H2,14,15,17). The molecule has 0 aliphatic rings. The molecule has 0 atom stereocenters. The van der Waals surface area contributed by atoms with Crippen molar-refractivity contribution in [3.8, 4) is 0 Å². The van der Waals surface area contributed by atoms with Crippen LogP contribution in [0.5, 0.6) is 0 Å². The van der Waals surface area contributed by atoms with E-state index < -0.39 is 0 Å². The topological polar surface area (TPSA) is 63.8 Å². The van der Waals surface area contributed by atoms with Gasteiger partial charge in [-0.3, -0.25) is 0 Å². The number of benzene rings is 1. The first kappa shape index (κ1) is 11.4. The maximum Gasteiger partial charge on any atom is 0.149 e. The van der Waals surface area contributed by atoms with E-state index in [2.05, 4.69) is 34.3 Å². The molecule has 0 bridgehead atoms. The van der Waals surface area contributed by atoms with Crippen molar-refractivity contribution in [1.29, 1.82) is 0 Å². The fraction of sp³-hybridized carbons (Fsp3) is 0.231. The highest BCUT2D eigenvalue weighted by molar-refractivity contribution is 5.51. The number of para-hydroxylation sites is 1. The van der Waals surface area contributed by atoms with Crippen LogP contribution in [0.1, 0.15) is 18.3 Å². The average Bonchev–Trinajstić information content (AvgIpc) is 2.37. The van der Waals surface area contributed by atoms with E-state index in [0.29, 0.717) is 18.2 Å². The first-order valence-electron chi connectivity index (χ1n) is 5.68. The van der Waals surface area contributed by atoms with Gasteiger partial charge < -0.3 is 11.1 Å². The van der Waals surface area contributed by atoms with Gasteiger partial charge in [0.15, 0.2) is 0 Å². The molecule has 0 spiro atoms. The second-order valence-corrected chi connectivity index (χ2v) is 3.76. The number of nitrogens with one attached hydrogen (secondary N) is 1. The lowest BCUT2D eigenvalue weighted by Gasteiger charge is -2.09. The summed E-state index contributed by atoms with van der Waals surface area (Å²) in [5.41, 5.74) is 8.02. The highest BCUT2D eigenvalue weighted by atomic mass is 15.0. The minimum absolute atomic E-state index is 0.501. The molecule has 0 amide bonds. The summed E-state index contributed by atoms with van der Waals surface area (Å²) in [7, 11) is 0. The fourth-order valence-electron chi connectivity index (χ4n) is 1.68. The number of nitrogen functional groups attached to an aromatic ring is 1. The average molecular weight is 228 g/mol. The summed E-state index contributed by atoms with van der Waals surface area (Å²) in [5, 5.41) is 3.33. The van der Waals surface area contributed by atoms with Crippen molar-refractivity contribution in [1.82, 2.24) is 9.97 Å². The number of rotatable bonds is 4. The van der Waals surface area contributed by atoms with Gasteiger partial charge in [0.25, 0.3) is 0 Å². The fourth-order valence-corrected chi connectivity index (χ4v) is 1.68. The monoisotopic (exact) mass is 228 g/mol. The van der Waals surface area contributed by atoms with Gasteiger partial charge in [-0.25, -0.2) is 9.97 Å². The largest absolute Gasteiger partial charge is 0.384 e. The third-order valence-electron chi connectivity index (χ3n) is 2.56. The van der Waals surface area contributed by atoms with Crippen LogP contribution in [0.25, 0.3) is 0 Å². The zero-order chi connectivity index (χ0) is 12.1. The molecule has 0 radical (unpaired) electrons. The van der Waals surface area contributed by atoms with Crippen molar-refractivity contribution in [2.45, 2.75) is 19.9 Å². The molecule has 17 heavy (non-hydrogen) atoms. The highest BCUT2D eigenvalue weighted by Gasteiger charge is 2.01. The van der Waals surface area contributed by atoms with Crippen LogP contribution in [0, 0.1) is 0 Å². The number of nitrogens with two attached hydrogens (primary N) is 1. The quantitative estimate of drug-likeness (QED) is 0.842. The van der Waals surface area contributed by atoms with Crippen LogP contribution in [0.15, 0.2) is 36.5 Å². The van der Waals surface area contributed by atoms with Crippen LogP contribution in [0.2, 0.25) is 0 Å². The molecule has 1 aromatic carbocycles. The SMILES string of the molecule is CCc1ccccc1NCc1nccc(N)n1. The van der Waals surface area contributed by atoms with Crippen LogP contribution in [0.4, 0.5) is 11.5 Å². The minimum atomic E-state index is 0.501. The van der Waals surface area contributed by atoms with E-state index in [1.54, 1.807) is 12.3 Å². The van der Waals surface area contributed by atoms with Gasteiger partial charge in [-0.1, -0.05) is 25.1 Å². The lowest BCUT2D eigenvalue weighted by atomic mass is 10.1. The van der Waals surface area contributed by atoms with Gasteiger partial charge in [0, 0.05) is 11.9 Å². The lowest BCUT2D eigenvalue weighted by molar-refractivity contribution is 0.949. The summed E-state index contributed by atoms with van der Waals surface area (Å²) in [4.78, 5) is 8.30. The van der Waals surface area contributed by atoms with Crippen LogP contribution in [-0.4, -0.2) is 9.97 Å². The summed E-state index contributed by atoms with van der Waals surface area (Å²) >= 11 is 0. The summed E-state index contributed by atoms with van der Waals surface area (Å²) in [6, 6.07) is 9.92. The Kier molecular flexibility index (Phi) is 3.55. The predicted octanol–water partition coefficient (Wildman–Crippen LogP) is 2.23. The number of anilines is 2. The molecule has 2 aromatic rings. The zero-order valence-corrected chi connectivity index (χ0v) is 9.85. The summed E-state index contributed by atoms with van der Waals surface area (Å²) < 4.78 is 0. The summed E-state index contributed by atoms with van der Waals surface area (Å²) in [6.45, 7) is 2.72. The molecule has 0 unspecified atom stereocenters. The Balaban J connectivity index is 2.07. The van der Waals surface area contributed by atoms with E-state index in [-0.39, 0.29) is 0 Å². The Bertz CT molecular complexity index is 496. The van der Waals surface area contributed by atoms with Gasteiger partial charge in [0.2, 0.25) is 0 Å². The third-order valence-corrected chi connectivity index (χ3v) is 2.56. The molecule has 2 rings (SSSR count). The predicted molar refractivity (Wildman–Crippen MR) is 69.6 cm³/mol. The third kappa shape index (κ3) is 2.93. The molecule has 1 aromatic heterocycles. The van der Waals surface area contributed by atoms with Crippen LogP contribution in [-0.2, 0) is 13.0 Å². The number of hydrogen-bond donors (Lipinski definition) is 2. The number of aromatic nitrogens is 2. The van der Waals surface area contributed by atoms with Crippen LogP contribution in [0.3, 0.4) is 0 Å². The van der Waals surface area contributed by atoms with Crippen molar-refractivity contribution in [3.05, 3.63) is 47.9 Å². The Hall–Kier alpha value is -2.10. The van der Waals surface area contributed by atoms with Gasteiger partial charge in [-0.15, -0.1) is 0 Å². The smallest absolute Gasteiger partial charge is 0.149 e. The molecular formula is C13H16N4. The first-order chi connectivity index (χ1) is 8.29. The molecule has 0 saturated heterocycles. The molecule has 1 heterocycles. The van der Waals surface area contributed by atoms with Gasteiger partial charge in [-0.2, -0.15) is 0 Å². The van der Waals surface area contributed by atoms with Crippen molar-refractivity contribution in [3.63, 3.8) is 0 Å². The van der Waals surface area contributed by atoms with Crippen molar-refractivity contribution < 1.29 is 0 Å². The van der Waals surface area contributed by atoms with E-state index in [9.17, 15) is 0 Å². The normalized spacial score (nSPS) is 10.2. The molecule has 3 N–H and O–H groups in total. The molecule has 0 fully saturated rings. The van der Waals surface area contributed by atoms with Crippen LogP contribution >= 0.6 is 0 Å². The van der Waals surface area contributed by atoms with Gasteiger partial charge in [0.1, 0.15) is 11.6 Å². The second kappa shape index (κ2) is 5.30. The lowest BCUT2D eigenvalue weighted by Crippen LogP contribution is -2.06. The van der Waals surface area contributed by atoms with Gasteiger partial charge in [0.05, 0.1) is 6.54 Å². The van der Waals surface area contributed by atoms with E-state index >= 15 is 0 Å². The van der Waals surface area contributed by atoms with E-state index in [1.807, 2.05) is 12.1 Å². The maximum absolute atomic E-state index is 5.60. The number of hydrogen-bond acceptors (Lipinski definition) is 4. The Morgan fingerprint density at radius 3 is 2.82 bits per heavy atom. The molecule has 0 aliphatic carbocycles. The second-order valence-electron chi connectivity index (χ2n) is 3.76. The Labute approximate surface area is 101 Å². The first-order valence-corrected chi connectivity index (χ1v) is 5.68. The molecule has 88 valence electrons. The van der Waals surface area contributed by atoms with Crippen molar-refractivity contribution >= 4 is 11.5 Å². The van der Waals surface area contributed by atoms with Gasteiger partial charge >= 0.3 is 0 Å². The summed E-state index contributed by atoms with van der Waals surface area (Å²) in [6.07, 6.45) is 2.67. The molecule has 4 heteroatoms. The van der Waals surface area contributed by atoms with Crippen molar-refractivity contribution in [2.75, 3.05) is 11.1 Å². The van der Waals surface area contributed by atoms with Crippen LogP contribution < -0.4 is 11.1 Å². The minimum Gasteiger partial charge on any atom is -0.384 e. The Morgan fingerprint density at radius 1 is 1.24 bits per heavy atom. The highest BCUT2D eigenvalue weighted by Crippen LogP contribution is 2.15. The maximum atomic E-state index is 5.60. The van der Waals surface area contributed by atoms with E-state index in [0.717, 1.165) is 12.1 Å². The Morgan fingerprint density at radius 2 is 2.06 bits per heavy atom. The number of aryl methyl sites for hydroxylation is 1. The number of nitrogens with zero attached hydrogens (tertiary/aromatic N) is 2. The van der Waals surface area contributed by atoms with Crippen molar-refractivity contribution in [2.24, 2.45) is 0 Å². The molecule has 0 aliphatic heterocycles.